The van der Waals surface area contributed by atoms with Crippen molar-refractivity contribution < 1.29 is 4.74 Å². The summed E-state index contributed by atoms with van der Waals surface area (Å²) in [6.45, 7) is 6.13. The second-order valence-corrected chi connectivity index (χ2v) is 8.07. The number of rotatable bonds is 9. The van der Waals surface area contributed by atoms with Crippen LogP contribution < -0.4 is 15.4 Å². The molecule has 3 rings (SSSR count). The van der Waals surface area contributed by atoms with Crippen LogP contribution in [0.1, 0.15) is 23.6 Å². The molecule has 0 aromatic heterocycles. The van der Waals surface area contributed by atoms with Gasteiger partial charge >= 0.3 is 0 Å². The highest BCUT2D eigenvalue weighted by Crippen LogP contribution is 2.24. The van der Waals surface area contributed by atoms with Crippen LogP contribution in [0.4, 0.5) is 0 Å². The Labute approximate surface area is 187 Å². The predicted molar refractivity (Wildman–Crippen MR) is 129 cm³/mol. The lowest BCUT2D eigenvalue weighted by molar-refractivity contribution is 0.0891. The summed E-state index contributed by atoms with van der Waals surface area (Å²) in [7, 11) is 5.76. The Bertz CT molecular complexity index is 811. The molecule has 1 unspecified atom stereocenters. The number of likely N-dealkylation sites (N-methyl/N-ethyl adjacent to an activating group) is 1. The van der Waals surface area contributed by atoms with Crippen molar-refractivity contribution >= 4 is 5.96 Å². The molecule has 0 bridgehead atoms. The number of guanidine groups is 1. The van der Waals surface area contributed by atoms with Crippen LogP contribution in [0.25, 0.3) is 0 Å². The van der Waals surface area contributed by atoms with Crippen molar-refractivity contribution in [3.63, 3.8) is 0 Å². The SMILES string of the molecule is CN=C(NCCCN1CCN(C)CC1c1ccccc1)NCCc1ccccc1OC. The first kappa shape index (κ1) is 23.1. The lowest BCUT2D eigenvalue weighted by Crippen LogP contribution is -2.47. The van der Waals surface area contributed by atoms with Crippen molar-refractivity contribution in [2.75, 3.05) is 60.5 Å². The van der Waals surface area contributed by atoms with Gasteiger partial charge in [0, 0.05) is 52.4 Å². The molecule has 31 heavy (non-hydrogen) atoms. The number of para-hydroxylation sites is 1. The zero-order valence-electron chi connectivity index (χ0n) is 19.2. The minimum absolute atomic E-state index is 0.471. The molecular weight excluding hydrogens is 386 g/mol. The molecule has 1 atom stereocenters. The minimum Gasteiger partial charge on any atom is -0.496 e. The van der Waals surface area contributed by atoms with Crippen molar-refractivity contribution in [2.45, 2.75) is 18.9 Å². The summed E-state index contributed by atoms with van der Waals surface area (Å²) in [5.41, 5.74) is 2.62. The Morgan fingerprint density at radius 1 is 1.03 bits per heavy atom. The number of nitrogens with one attached hydrogen (secondary N) is 2. The van der Waals surface area contributed by atoms with Crippen molar-refractivity contribution in [3.05, 3.63) is 65.7 Å². The van der Waals surface area contributed by atoms with Crippen LogP contribution in [-0.2, 0) is 6.42 Å². The fourth-order valence-corrected chi connectivity index (χ4v) is 4.15. The number of methoxy groups -OCH3 is 1. The first-order valence-electron chi connectivity index (χ1n) is 11.2. The van der Waals surface area contributed by atoms with E-state index < -0.39 is 0 Å². The molecule has 0 spiro atoms. The number of nitrogens with zero attached hydrogens (tertiary/aromatic N) is 3. The van der Waals surface area contributed by atoms with E-state index in [-0.39, 0.29) is 0 Å². The molecule has 1 heterocycles. The van der Waals surface area contributed by atoms with Gasteiger partial charge in [0.2, 0.25) is 0 Å². The van der Waals surface area contributed by atoms with Crippen molar-refractivity contribution in [3.8, 4) is 5.75 Å². The van der Waals surface area contributed by atoms with Crippen LogP contribution in [0.5, 0.6) is 5.75 Å². The smallest absolute Gasteiger partial charge is 0.190 e. The molecule has 1 aliphatic rings. The standard InChI is InChI=1S/C25H37N5O/c1-26-25(28-16-14-22-12-7-8-13-24(22)31-3)27-15-9-17-30-19-18-29(2)20-23(30)21-10-5-4-6-11-21/h4-8,10-13,23H,9,14-20H2,1-3H3,(H2,26,27,28). The highest BCUT2D eigenvalue weighted by Gasteiger charge is 2.25. The van der Waals surface area contributed by atoms with Crippen LogP contribution in [0, 0.1) is 0 Å². The third-order valence-corrected chi connectivity index (χ3v) is 5.90. The average molecular weight is 424 g/mol. The third-order valence-electron chi connectivity index (χ3n) is 5.90. The van der Waals surface area contributed by atoms with Gasteiger partial charge in [-0.3, -0.25) is 9.89 Å². The summed E-state index contributed by atoms with van der Waals surface area (Å²) in [6, 6.07) is 19.5. The summed E-state index contributed by atoms with van der Waals surface area (Å²) < 4.78 is 5.43. The predicted octanol–water partition coefficient (Wildman–Crippen LogP) is 2.78. The zero-order valence-corrected chi connectivity index (χ0v) is 19.2. The van der Waals surface area contributed by atoms with E-state index in [1.165, 1.54) is 11.1 Å². The molecule has 2 aromatic rings. The Kier molecular flexibility index (Phi) is 9.18. The summed E-state index contributed by atoms with van der Waals surface area (Å²) in [5, 5.41) is 6.87. The molecule has 0 saturated carbocycles. The third kappa shape index (κ3) is 6.97. The number of hydrogen-bond acceptors (Lipinski definition) is 4. The molecule has 168 valence electrons. The monoisotopic (exact) mass is 423 g/mol. The number of ether oxygens (including phenoxy) is 1. The Morgan fingerprint density at radius 2 is 1.77 bits per heavy atom. The zero-order chi connectivity index (χ0) is 21.9. The number of piperazine rings is 1. The lowest BCUT2D eigenvalue weighted by Gasteiger charge is -2.40. The van der Waals surface area contributed by atoms with Gasteiger partial charge in [-0.15, -0.1) is 0 Å². The summed E-state index contributed by atoms with van der Waals surface area (Å²) in [5.74, 6) is 1.79. The van der Waals surface area contributed by atoms with Gasteiger partial charge in [-0.25, -0.2) is 0 Å². The largest absolute Gasteiger partial charge is 0.496 e. The molecule has 6 heteroatoms. The van der Waals surface area contributed by atoms with Gasteiger partial charge in [-0.2, -0.15) is 0 Å². The maximum atomic E-state index is 5.43. The topological polar surface area (TPSA) is 52.1 Å². The van der Waals surface area contributed by atoms with E-state index in [4.69, 9.17) is 4.74 Å². The summed E-state index contributed by atoms with van der Waals surface area (Å²) >= 11 is 0. The Morgan fingerprint density at radius 3 is 2.55 bits per heavy atom. The Hall–Kier alpha value is -2.57. The molecular formula is C25H37N5O. The van der Waals surface area contributed by atoms with Gasteiger partial charge in [0.25, 0.3) is 0 Å². The molecule has 1 saturated heterocycles. The number of aliphatic imine (C=N–C) groups is 1. The van der Waals surface area contributed by atoms with E-state index in [0.29, 0.717) is 6.04 Å². The van der Waals surface area contributed by atoms with Crippen LogP contribution in [-0.4, -0.2) is 76.2 Å². The normalized spacial score (nSPS) is 18.0. The first-order chi connectivity index (χ1) is 15.2. The fraction of sp³-hybridized carbons (Fsp3) is 0.480. The second-order valence-electron chi connectivity index (χ2n) is 8.07. The molecule has 0 radical (unpaired) electrons. The Balaban J connectivity index is 1.41. The fourth-order valence-electron chi connectivity index (χ4n) is 4.15. The number of hydrogen-bond donors (Lipinski definition) is 2. The summed E-state index contributed by atoms with van der Waals surface area (Å²) in [4.78, 5) is 9.41. The van der Waals surface area contributed by atoms with E-state index in [1.54, 1.807) is 7.11 Å². The van der Waals surface area contributed by atoms with Crippen molar-refractivity contribution in [1.29, 1.82) is 0 Å². The number of benzene rings is 2. The van der Waals surface area contributed by atoms with E-state index >= 15 is 0 Å². The molecule has 0 amide bonds. The van der Waals surface area contributed by atoms with E-state index in [2.05, 4.69) is 68.9 Å². The van der Waals surface area contributed by atoms with E-state index in [0.717, 1.165) is 63.8 Å². The lowest BCUT2D eigenvalue weighted by atomic mass is 10.0. The molecule has 1 aliphatic heterocycles. The minimum atomic E-state index is 0.471. The van der Waals surface area contributed by atoms with Gasteiger partial charge in [-0.05, 0) is 37.1 Å². The first-order valence-corrected chi connectivity index (χ1v) is 11.2. The molecule has 0 aliphatic carbocycles. The van der Waals surface area contributed by atoms with Gasteiger partial charge in [0.1, 0.15) is 5.75 Å². The summed E-state index contributed by atoms with van der Waals surface area (Å²) in [6.07, 6.45) is 1.98. The highest BCUT2D eigenvalue weighted by atomic mass is 16.5. The van der Waals surface area contributed by atoms with E-state index in [1.807, 2.05) is 25.2 Å². The van der Waals surface area contributed by atoms with Crippen LogP contribution in [0.15, 0.2) is 59.6 Å². The van der Waals surface area contributed by atoms with E-state index in [9.17, 15) is 0 Å². The maximum Gasteiger partial charge on any atom is 0.190 e. The molecule has 2 aromatic carbocycles. The average Bonchev–Trinajstić information content (AvgIpc) is 2.82. The van der Waals surface area contributed by atoms with Crippen LogP contribution in [0.2, 0.25) is 0 Å². The quantitative estimate of drug-likeness (QED) is 0.369. The second kappa shape index (κ2) is 12.3. The molecule has 1 fully saturated rings. The van der Waals surface area contributed by atoms with Gasteiger partial charge in [0.15, 0.2) is 5.96 Å². The maximum absolute atomic E-state index is 5.43. The van der Waals surface area contributed by atoms with Gasteiger partial charge < -0.3 is 20.3 Å². The van der Waals surface area contributed by atoms with Crippen molar-refractivity contribution in [2.24, 2.45) is 4.99 Å². The van der Waals surface area contributed by atoms with Crippen LogP contribution in [0.3, 0.4) is 0 Å². The van der Waals surface area contributed by atoms with Gasteiger partial charge in [-0.1, -0.05) is 48.5 Å². The molecule has 2 N–H and O–H groups in total. The highest BCUT2D eigenvalue weighted by molar-refractivity contribution is 5.79. The van der Waals surface area contributed by atoms with Crippen LogP contribution >= 0.6 is 0 Å². The molecule has 6 nitrogen and oxygen atoms in total. The van der Waals surface area contributed by atoms with Crippen molar-refractivity contribution in [1.82, 2.24) is 20.4 Å². The van der Waals surface area contributed by atoms with Gasteiger partial charge in [0.05, 0.1) is 7.11 Å².